The van der Waals surface area contributed by atoms with Crippen molar-refractivity contribution in [2.75, 3.05) is 39.6 Å². The van der Waals surface area contributed by atoms with Crippen LogP contribution in [-0.2, 0) is 65.4 Å². The molecule has 0 fully saturated rings. The number of aliphatic hydroxyl groups excluding tert-OH is 1. The maximum atomic E-state index is 13.1. The summed E-state index contributed by atoms with van der Waals surface area (Å²) in [6, 6.07) is 0. The highest BCUT2D eigenvalue weighted by molar-refractivity contribution is 7.47. The van der Waals surface area contributed by atoms with Crippen molar-refractivity contribution in [2.24, 2.45) is 11.8 Å². The molecule has 0 aromatic heterocycles. The van der Waals surface area contributed by atoms with Crippen LogP contribution in [0.1, 0.15) is 459 Å². The van der Waals surface area contributed by atoms with E-state index in [2.05, 4.69) is 41.5 Å². The second kappa shape index (κ2) is 77.4. The highest BCUT2D eigenvalue weighted by Gasteiger charge is 2.30. The van der Waals surface area contributed by atoms with E-state index in [4.69, 9.17) is 37.0 Å². The first-order valence-electron chi connectivity index (χ1n) is 44.5. The van der Waals surface area contributed by atoms with E-state index in [0.29, 0.717) is 25.7 Å². The van der Waals surface area contributed by atoms with Crippen LogP contribution in [0.5, 0.6) is 0 Å². The molecule has 0 aromatic carbocycles. The average molecular weight is 1540 g/mol. The number of aliphatic hydroxyl groups is 1. The average Bonchev–Trinajstić information content (AvgIpc) is 0.907. The molecule has 0 radical (unpaired) electrons. The van der Waals surface area contributed by atoms with Crippen molar-refractivity contribution in [3.05, 3.63) is 0 Å². The summed E-state index contributed by atoms with van der Waals surface area (Å²) in [5.41, 5.74) is 0. The van der Waals surface area contributed by atoms with Crippen LogP contribution in [0.3, 0.4) is 0 Å². The molecule has 0 saturated carbocycles. The van der Waals surface area contributed by atoms with Crippen molar-refractivity contribution in [1.29, 1.82) is 0 Å². The second-order valence-corrected chi connectivity index (χ2v) is 34.8. The first-order valence-corrected chi connectivity index (χ1v) is 47.5. The van der Waals surface area contributed by atoms with E-state index >= 15 is 0 Å². The molecule has 2 unspecified atom stereocenters. The molecule has 0 aliphatic carbocycles. The number of phosphoric ester groups is 2. The Morgan fingerprint density at radius 1 is 0.257 bits per heavy atom. The number of carbonyl (C=O) groups is 4. The van der Waals surface area contributed by atoms with Gasteiger partial charge in [0.25, 0.3) is 0 Å². The van der Waals surface area contributed by atoms with Gasteiger partial charge in [0.2, 0.25) is 0 Å². The van der Waals surface area contributed by atoms with E-state index < -0.39 is 97.5 Å². The van der Waals surface area contributed by atoms with Gasteiger partial charge >= 0.3 is 39.5 Å². The Balaban J connectivity index is 5.18. The van der Waals surface area contributed by atoms with E-state index in [9.17, 15) is 43.2 Å². The Hall–Kier alpha value is -1.94. The molecule has 624 valence electrons. The monoisotopic (exact) mass is 1540 g/mol. The first kappa shape index (κ1) is 103. The molecule has 3 N–H and O–H groups in total. The van der Waals surface area contributed by atoms with E-state index in [1.54, 1.807) is 0 Å². The van der Waals surface area contributed by atoms with Gasteiger partial charge in [0.05, 0.1) is 26.4 Å². The zero-order valence-corrected chi connectivity index (χ0v) is 70.8. The lowest BCUT2D eigenvalue weighted by Gasteiger charge is -2.21. The zero-order valence-electron chi connectivity index (χ0n) is 69.0. The Morgan fingerprint density at radius 2 is 0.438 bits per heavy atom. The summed E-state index contributed by atoms with van der Waals surface area (Å²) < 4.78 is 68.8. The van der Waals surface area contributed by atoms with Crippen LogP contribution in [0.2, 0.25) is 0 Å². The third-order valence-corrected chi connectivity index (χ3v) is 22.1. The summed E-state index contributed by atoms with van der Waals surface area (Å²) in [5, 5.41) is 10.7. The van der Waals surface area contributed by atoms with E-state index in [0.717, 1.165) is 108 Å². The molecular formula is C86H168O17P2. The van der Waals surface area contributed by atoms with Gasteiger partial charge in [-0.1, -0.05) is 408 Å². The SMILES string of the molecule is CCCCCCCCCCCCCCCCCC(=O)O[C@H](COC(=O)CCCCCCCCCC)COP(=O)(O)OC[C@H](O)COP(=O)(O)OC[C@@H](COC(=O)CCCCCCCCCCCCCCCCCCCCC(C)C)OC(=O)CCCCCCCCCCCCCCCCCCCCC(C)C. The topological polar surface area (TPSA) is 237 Å². The van der Waals surface area contributed by atoms with Gasteiger partial charge in [0.15, 0.2) is 12.2 Å². The van der Waals surface area contributed by atoms with Crippen LogP contribution in [0.4, 0.5) is 0 Å². The predicted octanol–water partition coefficient (Wildman–Crippen LogP) is 26.2. The number of hydrogen-bond donors (Lipinski definition) is 3. The van der Waals surface area contributed by atoms with Gasteiger partial charge < -0.3 is 33.8 Å². The molecule has 105 heavy (non-hydrogen) atoms. The molecule has 17 nitrogen and oxygen atoms in total. The quantitative estimate of drug-likeness (QED) is 0.0222. The lowest BCUT2D eigenvalue weighted by atomic mass is 10.0. The molecule has 0 amide bonds. The summed E-state index contributed by atoms with van der Waals surface area (Å²) >= 11 is 0. The van der Waals surface area contributed by atoms with Gasteiger partial charge in [-0.05, 0) is 37.5 Å². The lowest BCUT2D eigenvalue weighted by Crippen LogP contribution is -2.30. The molecule has 0 aromatic rings. The summed E-state index contributed by atoms with van der Waals surface area (Å²) in [6.07, 6.45) is 69.6. The van der Waals surface area contributed by atoms with Crippen molar-refractivity contribution in [1.82, 2.24) is 0 Å². The van der Waals surface area contributed by atoms with Crippen molar-refractivity contribution in [3.63, 3.8) is 0 Å². The first-order chi connectivity index (χ1) is 50.9. The fourth-order valence-corrected chi connectivity index (χ4v) is 15.0. The van der Waals surface area contributed by atoms with Crippen molar-refractivity contribution in [2.45, 2.75) is 477 Å². The Kier molecular flexibility index (Phi) is 76.0. The minimum absolute atomic E-state index is 0.108. The molecule has 0 spiro atoms. The molecule has 0 aliphatic rings. The van der Waals surface area contributed by atoms with Gasteiger partial charge in [0.1, 0.15) is 19.3 Å². The van der Waals surface area contributed by atoms with Crippen LogP contribution in [0, 0.1) is 11.8 Å². The molecule has 0 rings (SSSR count). The van der Waals surface area contributed by atoms with Gasteiger partial charge in [-0.3, -0.25) is 37.3 Å². The van der Waals surface area contributed by atoms with Crippen molar-refractivity contribution < 1.29 is 80.2 Å². The maximum absolute atomic E-state index is 13.1. The van der Waals surface area contributed by atoms with Crippen LogP contribution in [0.15, 0.2) is 0 Å². The van der Waals surface area contributed by atoms with Crippen LogP contribution < -0.4 is 0 Å². The number of hydrogen-bond acceptors (Lipinski definition) is 15. The maximum Gasteiger partial charge on any atom is 0.472 e. The summed E-state index contributed by atoms with van der Waals surface area (Å²) in [6.45, 7) is 9.72. The Labute approximate surface area is 645 Å². The number of carbonyl (C=O) groups excluding carboxylic acids is 4. The Morgan fingerprint density at radius 3 is 0.648 bits per heavy atom. The summed E-state index contributed by atoms with van der Waals surface area (Å²) in [5.74, 6) is -0.461. The molecule has 0 saturated heterocycles. The number of esters is 4. The Bertz CT molecular complexity index is 2010. The van der Waals surface area contributed by atoms with Crippen LogP contribution >= 0.6 is 15.6 Å². The fraction of sp³-hybridized carbons (Fsp3) is 0.953. The second-order valence-electron chi connectivity index (χ2n) is 31.9. The van der Waals surface area contributed by atoms with Gasteiger partial charge in [-0.15, -0.1) is 0 Å². The molecule has 0 heterocycles. The number of unbranched alkanes of at least 4 members (excludes halogenated alkanes) is 55. The smallest absolute Gasteiger partial charge is 0.462 e. The number of rotatable bonds is 85. The van der Waals surface area contributed by atoms with Crippen molar-refractivity contribution >= 4 is 39.5 Å². The molecule has 0 aliphatic heterocycles. The minimum atomic E-state index is -4.96. The largest absolute Gasteiger partial charge is 0.472 e. The zero-order chi connectivity index (χ0) is 77.1. The fourth-order valence-electron chi connectivity index (χ4n) is 13.4. The molecular weight excluding hydrogens is 1370 g/mol. The van der Waals surface area contributed by atoms with E-state index in [1.807, 2.05) is 0 Å². The molecule has 5 atom stereocenters. The number of ether oxygens (including phenoxy) is 4. The summed E-state index contributed by atoms with van der Waals surface area (Å²) in [7, 11) is -9.92. The van der Waals surface area contributed by atoms with E-state index in [-0.39, 0.29) is 25.7 Å². The van der Waals surface area contributed by atoms with Crippen LogP contribution in [0.25, 0.3) is 0 Å². The minimum Gasteiger partial charge on any atom is -0.462 e. The van der Waals surface area contributed by atoms with Crippen LogP contribution in [-0.4, -0.2) is 96.7 Å². The van der Waals surface area contributed by atoms with Gasteiger partial charge in [-0.25, -0.2) is 9.13 Å². The molecule has 19 heteroatoms. The van der Waals surface area contributed by atoms with Gasteiger partial charge in [0, 0.05) is 25.7 Å². The predicted molar refractivity (Wildman–Crippen MR) is 432 cm³/mol. The third-order valence-electron chi connectivity index (χ3n) is 20.2. The highest BCUT2D eigenvalue weighted by atomic mass is 31.2. The number of phosphoric acid groups is 2. The normalized spacial score (nSPS) is 13.8. The van der Waals surface area contributed by atoms with Gasteiger partial charge in [-0.2, -0.15) is 0 Å². The van der Waals surface area contributed by atoms with Crippen molar-refractivity contribution in [3.8, 4) is 0 Å². The highest BCUT2D eigenvalue weighted by Crippen LogP contribution is 2.45. The third kappa shape index (κ3) is 79.9. The van der Waals surface area contributed by atoms with E-state index in [1.165, 1.54) is 270 Å². The lowest BCUT2D eigenvalue weighted by molar-refractivity contribution is -0.161. The standard InChI is InChI=1S/C86H168O17P2/c1-7-9-11-13-15-17-18-19-28-36-41-46-52-58-64-70-85(90)102-81(74-96-83(88)68-62-56-50-16-14-12-10-8-2)76-100-104(92,93)98-72-80(87)73-99-105(94,95)101-77-82(103-86(91)71-65-59-53-47-42-37-32-27-23-21-25-30-34-39-44-49-55-61-67-79(5)6)75-97-84(89)69-63-57-51-45-40-35-31-26-22-20-24-29-33-38-43-48-54-60-66-78(3)4/h78-82,87H,7-77H2,1-6H3,(H,92,93)(H,94,95)/t80-,81+,82+/m0/s1. The summed E-state index contributed by atoms with van der Waals surface area (Å²) in [4.78, 5) is 73.1. The molecule has 0 bridgehead atoms.